The van der Waals surface area contributed by atoms with Gasteiger partial charge in [-0.3, -0.25) is 0 Å². The van der Waals surface area contributed by atoms with E-state index < -0.39 is 5.54 Å². The van der Waals surface area contributed by atoms with Crippen molar-refractivity contribution in [2.75, 3.05) is 0 Å². The SMILES string of the molecule is CC(CCCC=O)C(C)(N)[C-]=O.[Y]. The molecule has 2 atom stereocenters. The molecule has 3 nitrogen and oxygen atoms in total. The van der Waals surface area contributed by atoms with Crippen molar-refractivity contribution in [3.63, 3.8) is 0 Å². The van der Waals surface area contributed by atoms with Gasteiger partial charge < -0.3 is 15.3 Å². The summed E-state index contributed by atoms with van der Waals surface area (Å²) in [6.45, 7) is 3.56. The standard InChI is InChI=1S/C9H16NO2.Y/c1-8(5-3-4-6-11)9(2,10)7-12;/h6,8H,3-5,10H2,1-2H3;/q-1;. The zero-order chi connectivity index (χ0) is 9.61. The first kappa shape index (κ1) is 15.9. The Balaban J connectivity index is 0. The Morgan fingerprint density at radius 2 is 2.15 bits per heavy atom. The molecule has 0 saturated carbocycles. The van der Waals surface area contributed by atoms with Crippen LogP contribution in [0.2, 0.25) is 0 Å². The van der Waals surface area contributed by atoms with Gasteiger partial charge >= 0.3 is 0 Å². The van der Waals surface area contributed by atoms with Crippen LogP contribution in [0.25, 0.3) is 0 Å². The third kappa shape index (κ3) is 6.47. The van der Waals surface area contributed by atoms with Crippen molar-refractivity contribution < 1.29 is 42.3 Å². The fourth-order valence-corrected chi connectivity index (χ4v) is 0.908. The number of hydrogen-bond donors (Lipinski definition) is 1. The molecule has 0 aliphatic rings. The zero-order valence-corrected chi connectivity index (χ0v) is 11.1. The van der Waals surface area contributed by atoms with E-state index in [1.54, 1.807) is 6.92 Å². The van der Waals surface area contributed by atoms with E-state index in [0.29, 0.717) is 6.42 Å². The number of rotatable bonds is 6. The summed E-state index contributed by atoms with van der Waals surface area (Å²) < 4.78 is 0. The first-order chi connectivity index (χ1) is 5.54. The van der Waals surface area contributed by atoms with Crippen LogP contribution in [-0.2, 0) is 42.3 Å². The molecule has 73 valence electrons. The monoisotopic (exact) mass is 259 g/mol. The zero-order valence-electron chi connectivity index (χ0n) is 8.25. The van der Waals surface area contributed by atoms with Gasteiger partial charge in [-0.1, -0.05) is 31.7 Å². The van der Waals surface area contributed by atoms with Crippen molar-refractivity contribution in [1.29, 1.82) is 0 Å². The molecular formula is C9H16NO2Y-. The second kappa shape index (κ2) is 7.78. The van der Waals surface area contributed by atoms with Crippen molar-refractivity contribution in [3.05, 3.63) is 0 Å². The first-order valence-electron chi connectivity index (χ1n) is 4.16. The van der Waals surface area contributed by atoms with Crippen LogP contribution in [0.15, 0.2) is 0 Å². The van der Waals surface area contributed by atoms with Gasteiger partial charge in [0.1, 0.15) is 6.29 Å². The van der Waals surface area contributed by atoms with Crippen LogP contribution in [0.5, 0.6) is 0 Å². The van der Waals surface area contributed by atoms with Gasteiger partial charge in [0.2, 0.25) is 0 Å². The quantitative estimate of drug-likeness (QED) is 0.436. The Hall–Kier alpha value is 0.404. The predicted molar refractivity (Wildman–Crippen MR) is 47.4 cm³/mol. The van der Waals surface area contributed by atoms with Gasteiger partial charge in [0.05, 0.1) is 0 Å². The molecule has 2 unspecified atom stereocenters. The van der Waals surface area contributed by atoms with Crippen LogP contribution in [0.3, 0.4) is 0 Å². The molecule has 0 rings (SSSR count). The fraction of sp³-hybridized carbons (Fsp3) is 0.778. The van der Waals surface area contributed by atoms with E-state index in [2.05, 4.69) is 0 Å². The average molecular weight is 259 g/mol. The van der Waals surface area contributed by atoms with E-state index >= 15 is 0 Å². The molecule has 2 N–H and O–H groups in total. The van der Waals surface area contributed by atoms with E-state index in [1.165, 1.54) is 0 Å². The second-order valence-electron chi connectivity index (χ2n) is 3.38. The van der Waals surface area contributed by atoms with Crippen molar-refractivity contribution in [2.45, 2.75) is 38.6 Å². The van der Waals surface area contributed by atoms with Crippen LogP contribution < -0.4 is 5.73 Å². The average Bonchev–Trinajstić information content (AvgIpc) is 2.05. The molecule has 0 aliphatic carbocycles. The first-order valence-corrected chi connectivity index (χ1v) is 4.16. The molecule has 0 aromatic carbocycles. The molecule has 0 aliphatic heterocycles. The molecule has 13 heavy (non-hydrogen) atoms. The molecule has 0 fully saturated rings. The molecule has 0 amide bonds. The minimum Gasteiger partial charge on any atom is -0.540 e. The van der Waals surface area contributed by atoms with Gasteiger partial charge in [-0.25, -0.2) is 6.29 Å². The molecule has 0 aromatic rings. The maximum Gasteiger partial charge on any atom is 0.119 e. The number of hydrogen-bond acceptors (Lipinski definition) is 3. The molecule has 1 radical (unpaired) electrons. The number of carbonyl (C=O) groups is 1. The maximum absolute atomic E-state index is 10.4. The van der Waals surface area contributed by atoms with Gasteiger partial charge in [0.25, 0.3) is 0 Å². The molecule has 0 saturated heterocycles. The van der Waals surface area contributed by atoms with Crippen molar-refractivity contribution in [2.24, 2.45) is 11.7 Å². The number of unbranched alkanes of at least 4 members (excludes halogenated alkanes) is 1. The Morgan fingerprint density at radius 1 is 1.62 bits per heavy atom. The molecule has 0 heterocycles. The Morgan fingerprint density at radius 3 is 2.54 bits per heavy atom. The van der Waals surface area contributed by atoms with Crippen molar-refractivity contribution in [1.82, 2.24) is 0 Å². The van der Waals surface area contributed by atoms with Gasteiger partial charge in [-0.2, -0.15) is 0 Å². The maximum atomic E-state index is 10.4. The summed E-state index contributed by atoms with van der Waals surface area (Å²) in [5, 5.41) is 0. The number of carbonyl (C=O) groups excluding carboxylic acids is 2. The van der Waals surface area contributed by atoms with E-state index in [9.17, 15) is 9.59 Å². The predicted octanol–water partition coefficient (Wildman–Crippen LogP) is 0.816. The van der Waals surface area contributed by atoms with Crippen molar-refractivity contribution in [3.8, 4) is 0 Å². The molecule has 0 aromatic heterocycles. The fourth-order valence-electron chi connectivity index (χ4n) is 0.908. The molecule has 0 bridgehead atoms. The normalized spacial score (nSPS) is 16.5. The summed E-state index contributed by atoms with van der Waals surface area (Å²) >= 11 is 0. The van der Waals surface area contributed by atoms with E-state index in [0.717, 1.165) is 19.1 Å². The van der Waals surface area contributed by atoms with E-state index in [1.807, 2.05) is 13.2 Å². The second-order valence-corrected chi connectivity index (χ2v) is 3.38. The minimum atomic E-state index is -0.872. The largest absolute Gasteiger partial charge is 0.540 e. The summed E-state index contributed by atoms with van der Waals surface area (Å²) in [7, 11) is 0. The molecule has 4 heteroatoms. The Labute approximate surface area is 105 Å². The van der Waals surface area contributed by atoms with Crippen LogP contribution in [0.4, 0.5) is 0 Å². The van der Waals surface area contributed by atoms with Gasteiger partial charge in [0, 0.05) is 39.1 Å². The summed E-state index contributed by atoms with van der Waals surface area (Å²) in [6.07, 6.45) is 4.81. The Kier molecular flexibility index (Phi) is 9.48. The smallest absolute Gasteiger partial charge is 0.119 e. The Bertz CT molecular complexity index is 160. The molecule has 0 spiro atoms. The summed E-state index contributed by atoms with van der Waals surface area (Å²) in [4.78, 5) is 20.4. The van der Waals surface area contributed by atoms with Crippen LogP contribution in [0.1, 0.15) is 33.1 Å². The third-order valence-corrected chi connectivity index (χ3v) is 2.20. The van der Waals surface area contributed by atoms with E-state index in [-0.39, 0.29) is 38.6 Å². The summed E-state index contributed by atoms with van der Waals surface area (Å²) in [5.41, 5.74) is 4.76. The molecular weight excluding hydrogens is 243 g/mol. The van der Waals surface area contributed by atoms with Gasteiger partial charge in [-0.15, -0.1) is 0 Å². The summed E-state index contributed by atoms with van der Waals surface area (Å²) in [5.74, 6) is 0.0787. The topological polar surface area (TPSA) is 60.2 Å². The van der Waals surface area contributed by atoms with Gasteiger partial charge in [0.15, 0.2) is 0 Å². The minimum absolute atomic E-state index is 0. The summed E-state index contributed by atoms with van der Waals surface area (Å²) in [6, 6.07) is 0. The van der Waals surface area contributed by atoms with Gasteiger partial charge in [-0.05, 0) is 6.42 Å². The number of nitrogens with two attached hydrogens (primary N) is 1. The number of aldehydes is 1. The van der Waals surface area contributed by atoms with E-state index in [4.69, 9.17) is 5.73 Å². The van der Waals surface area contributed by atoms with Crippen LogP contribution >= 0.6 is 0 Å². The van der Waals surface area contributed by atoms with Crippen LogP contribution in [-0.4, -0.2) is 18.1 Å². The van der Waals surface area contributed by atoms with Crippen molar-refractivity contribution >= 4 is 12.6 Å². The van der Waals surface area contributed by atoms with Crippen LogP contribution in [0, 0.1) is 5.92 Å². The third-order valence-electron chi connectivity index (χ3n) is 2.20.